The Kier molecular flexibility index (Phi) is 5.91. The van der Waals surface area contributed by atoms with Gasteiger partial charge in [-0.25, -0.2) is 13.1 Å². The molecule has 16 heavy (non-hydrogen) atoms. The van der Waals surface area contributed by atoms with Crippen LogP contribution in [0.3, 0.4) is 0 Å². The number of amides is 1. The highest BCUT2D eigenvalue weighted by molar-refractivity contribution is 7.88. The standard InChI is InChI=1S/C9H21N3O3S/c1-9(2,3)12-8(13)7-10-5-6-11-16(4,14)15/h10-11H,5-7H2,1-4H3,(H,12,13). The molecule has 0 aliphatic rings. The highest BCUT2D eigenvalue weighted by Gasteiger charge is 2.12. The van der Waals surface area contributed by atoms with Crippen LogP contribution in [0.25, 0.3) is 0 Å². The highest BCUT2D eigenvalue weighted by Crippen LogP contribution is 1.96. The van der Waals surface area contributed by atoms with E-state index >= 15 is 0 Å². The minimum Gasteiger partial charge on any atom is -0.350 e. The lowest BCUT2D eigenvalue weighted by Gasteiger charge is -2.20. The van der Waals surface area contributed by atoms with E-state index in [1.807, 2.05) is 20.8 Å². The largest absolute Gasteiger partial charge is 0.350 e. The van der Waals surface area contributed by atoms with Crippen LogP contribution in [-0.2, 0) is 14.8 Å². The summed E-state index contributed by atoms with van der Waals surface area (Å²) >= 11 is 0. The normalized spacial score (nSPS) is 12.5. The number of sulfonamides is 1. The van der Waals surface area contributed by atoms with Gasteiger partial charge in [-0.1, -0.05) is 0 Å². The predicted molar refractivity (Wildman–Crippen MR) is 63.6 cm³/mol. The molecule has 0 aromatic rings. The van der Waals surface area contributed by atoms with Crippen LogP contribution in [0, 0.1) is 0 Å². The van der Waals surface area contributed by atoms with Gasteiger partial charge in [0.2, 0.25) is 15.9 Å². The summed E-state index contributed by atoms with van der Waals surface area (Å²) in [4.78, 5) is 11.3. The Bertz CT molecular complexity index is 319. The molecule has 0 saturated carbocycles. The molecule has 0 aliphatic heterocycles. The molecule has 0 bridgehead atoms. The van der Waals surface area contributed by atoms with Crippen LogP contribution in [-0.4, -0.2) is 45.8 Å². The van der Waals surface area contributed by atoms with E-state index in [-0.39, 0.29) is 24.5 Å². The average molecular weight is 251 g/mol. The van der Waals surface area contributed by atoms with Crippen LogP contribution in [0.1, 0.15) is 20.8 Å². The molecular formula is C9H21N3O3S. The van der Waals surface area contributed by atoms with Crippen molar-refractivity contribution in [3.8, 4) is 0 Å². The molecule has 7 heteroatoms. The maximum absolute atomic E-state index is 11.3. The lowest BCUT2D eigenvalue weighted by molar-refractivity contribution is -0.121. The van der Waals surface area contributed by atoms with E-state index in [9.17, 15) is 13.2 Å². The zero-order valence-corrected chi connectivity index (χ0v) is 11.1. The van der Waals surface area contributed by atoms with Crippen LogP contribution in [0.5, 0.6) is 0 Å². The molecule has 96 valence electrons. The molecule has 0 aromatic carbocycles. The molecule has 3 N–H and O–H groups in total. The van der Waals surface area contributed by atoms with Crippen molar-refractivity contribution in [1.29, 1.82) is 0 Å². The van der Waals surface area contributed by atoms with Crippen LogP contribution in [0.4, 0.5) is 0 Å². The number of hydrogen-bond acceptors (Lipinski definition) is 4. The van der Waals surface area contributed by atoms with E-state index in [2.05, 4.69) is 15.4 Å². The number of carbonyl (C=O) groups excluding carboxylic acids is 1. The zero-order valence-electron chi connectivity index (χ0n) is 10.3. The molecule has 0 aliphatic carbocycles. The number of hydrogen-bond donors (Lipinski definition) is 3. The lowest BCUT2D eigenvalue weighted by Crippen LogP contribution is -2.45. The van der Waals surface area contributed by atoms with Crippen LogP contribution < -0.4 is 15.4 Å². The first-order chi connectivity index (χ1) is 7.10. The van der Waals surface area contributed by atoms with Crippen molar-refractivity contribution in [3.05, 3.63) is 0 Å². The topological polar surface area (TPSA) is 87.3 Å². The molecule has 0 atom stereocenters. The van der Waals surface area contributed by atoms with E-state index in [1.165, 1.54) is 0 Å². The van der Waals surface area contributed by atoms with Crippen molar-refractivity contribution in [2.75, 3.05) is 25.9 Å². The summed E-state index contributed by atoms with van der Waals surface area (Å²) in [5.74, 6) is -0.105. The van der Waals surface area contributed by atoms with Gasteiger partial charge in [0, 0.05) is 18.6 Å². The summed E-state index contributed by atoms with van der Waals surface area (Å²) in [5.41, 5.74) is -0.246. The molecule has 0 rings (SSSR count). The number of rotatable bonds is 6. The SMILES string of the molecule is CC(C)(C)NC(=O)CNCCNS(C)(=O)=O. The van der Waals surface area contributed by atoms with E-state index in [1.54, 1.807) is 0 Å². The molecule has 0 heterocycles. The van der Waals surface area contributed by atoms with Crippen LogP contribution in [0.2, 0.25) is 0 Å². The van der Waals surface area contributed by atoms with Crippen molar-refractivity contribution in [1.82, 2.24) is 15.4 Å². The number of nitrogens with one attached hydrogen (secondary N) is 3. The van der Waals surface area contributed by atoms with Crippen molar-refractivity contribution in [3.63, 3.8) is 0 Å². The fraction of sp³-hybridized carbons (Fsp3) is 0.889. The quantitative estimate of drug-likeness (QED) is 0.531. The van der Waals surface area contributed by atoms with E-state index in [0.29, 0.717) is 6.54 Å². The second-order valence-corrected chi connectivity index (χ2v) is 6.47. The maximum atomic E-state index is 11.3. The first-order valence-electron chi connectivity index (χ1n) is 5.06. The third-order valence-corrected chi connectivity index (χ3v) is 2.19. The Morgan fingerprint density at radius 2 is 1.75 bits per heavy atom. The third-order valence-electron chi connectivity index (χ3n) is 1.47. The summed E-state index contributed by atoms with van der Waals surface area (Å²) in [6.45, 7) is 6.58. The lowest BCUT2D eigenvalue weighted by atomic mass is 10.1. The van der Waals surface area contributed by atoms with Gasteiger partial charge in [-0.15, -0.1) is 0 Å². The second kappa shape index (κ2) is 6.17. The van der Waals surface area contributed by atoms with Crippen molar-refractivity contribution >= 4 is 15.9 Å². The van der Waals surface area contributed by atoms with Crippen LogP contribution >= 0.6 is 0 Å². The molecule has 0 unspecified atom stereocenters. The second-order valence-electron chi connectivity index (χ2n) is 4.64. The van der Waals surface area contributed by atoms with Gasteiger partial charge in [0.05, 0.1) is 12.8 Å². The highest BCUT2D eigenvalue weighted by atomic mass is 32.2. The molecule has 1 amide bonds. The Morgan fingerprint density at radius 1 is 1.19 bits per heavy atom. The first kappa shape index (κ1) is 15.3. The molecule has 0 spiro atoms. The number of carbonyl (C=O) groups is 1. The van der Waals surface area contributed by atoms with E-state index < -0.39 is 10.0 Å². The Hall–Kier alpha value is -0.660. The summed E-state index contributed by atoms with van der Waals surface area (Å²) in [6.07, 6.45) is 1.10. The molecular weight excluding hydrogens is 230 g/mol. The molecule has 0 aromatic heterocycles. The van der Waals surface area contributed by atoms with Gasteiger partial charge < -0.3 is 10.6 Å². The van der Waals surface area contributed by atoms with Gasteiger partial charge in [-0.3, -0.25) is 4.79 Å². The predicted octanol–water partition coefficient (Wildman–Crippen LogP) is -0.960. The summed E-state index contributed by atoms with van der Waals surface area (Å²) in [5, 5.41) is 5.63. The average Bonchev–Trinajstić information content (AvgIpc) is 1.97. The van der Waals surface area contributed by atoms with Gasteiger partial charge in [-0.2, -0.15) is 0 Å². The van der Waals surface area contributed by atoms with Gasteiger partial charge in [-0.05, 0) is 20.8 Å². The molecule has 6 nitrogen and oxygen atoms in total. The fourth-order valence-corrected chi connectivity index (χ4v) is 1.46. The van der Waals surface area contributed by atoms with Crippen molar-refractivity contribution in [2.24, 2.45) is 0 Å². The fourth-order valence-electron chi connectivity index (χ4n) is 0.989. The maximum Gasteiger partial charge on any atom is 0.234 e. The minimum absolute atomic E-state index is 0.105. The zero-order chi connectivity index (χ0) is 12.8. The van der Waals surface area contributed by atoms with E-state index in [0.717, 1.165) is 6.26 Å². The monoisotopic (exact) mass is 251 g/mol. The summed E-state index contributed by atoms with van der Waals surface area (Å²) < 4.78 is 23.7. The Morgan fingerprint density at radius 3 is 2.19 bits per heavy atom. The van der Waals surface area contributed by atoms with Crippen molar-refractivity contribution < 1.29 is 13.2 Å². The Labute approximate surface area is 97.2 Å². The smallest absolute Gasteiger partial charge is 0.234 e. The van der Waals surface area contributed by atoms with Gasteiger partial charge in [0.25, 0.3) is 0 Å². The van der Waals surface area contributed by atoms with Gasteiger partial charge in [0.1, 0.15) is 0 Å². The van der Waals surface area contributed by atoms with Gasteiger partial charge >= 0.3 is 0 Å². The summed E-state index contributed by atoms with van der Waals surface area (Å²) in [7, 11) is -3.14. The summed E-state index contributed by atoms with van der Waals surface area (Å²) in [6, 6.07) is 0. The van der Waals surface area contributed by atoms with E-state index in [4.69, 9.17) is 0 Å². The third kappa shape index (κ3) is 11.4. The van der Waals surface area contributed by atoms with Gasteiger partial charge in [0.15, 0.2) is 0 Å². The molecule has 0 radical (unpaired) electrons. The Balaban J connectivity index is 3.57. The van der Waals surface area contributed by atoms with Crippen LogP contribution in [0.15, 0.2) is 0 Å². The van der Waals surface area contributed by atoms with Crippen molar-refractivity contribution in [2.45, 2.75) is 26.3 Å². The molecule has 0 saturated heterocycles. The minimum atomic E-state index is -3.14. The first-order valence-corrected chi connectivity index (χ1v) is 6.96. The molecule has 0 fully saturated rings.